The van der Waals surface area contributed by atoms with Gasteiger partial charge in [0.25, 0.3) is 0 Å². The summed E-state index contributed by atoms with van der Waals surface area (Å²) in [7, 11) is 0. The van der Waals surface area contributed by atoms with E-state index in [4.69, 9.17) is 0 Å². The Hall–Kier alpha value is -1.88. The molecule has 5 nitrogen and oxygen atoms in total. The van der Waals surface area contributed by atoms with E-state index >= 15 is 0 Å². The van der Waals surface area contributed by atoms with E-state index in [0.717, 1.165) is 32.4 Å². The summed E-state index contributed by atoms with van der Waals surface area (Å²) in [4.78, 5) is 29.5. The summed E-state index contributed by atoms with van der Waals surface area (Å²) in [5.74, 6) is 0.0851. The fraction of sp³-hybridized carbons (Fsp3) is 0.704. The molecular formula is C27H41N3O2. The fourth-order valence-corrected chi connectivity index (χ4v) is 5.87. The maximum absolute atomic E-state index is 13.0. The van der Waals surface area contributed by atoms with Gasteiger partial charge in [0.1, 0.15) is 6.04 Å². The predicted molar refractivity (Wildman–Crippen MR) is 128 cm³/mol. The van der Waals surface area contributed by atoms with Crippen LogP contribution in [0.15, 0.2) is 24.3 Å². The average Bonchev–Trinajstić information content (AvgIpc) is 3.20. The highest BCUT2D eigenvalue weighted by Crippen LogP contribution is 2.48. The van der Waals surface area contributed by atoms with Gasteiger partial charge in [-0.15, -0.1) is 0 Å². The SMILES string of the molecule is C[C@H](C(=O)N[C@H]1CCC2(CCN(CCC(C)(C)C)CC2)c2ccccc21)N1CCCC1=O. The van der Waals surface area contributed by atoms with E-state index < -0.39 is 0 Å². The van der Waals surface area contributed by atoms with Crippen molar-refractivity contribution in [3.63, 3.8) is 0 Å². The molecule has 0 unspecified atom stereocenters. The number of nitrogens with zero attached hydrogens (tertiary/aromatic N) is 2. The summed E-state index contributed by atoms with van der Waals surface area (Å²) < 4.78 is 0. The second-order valence-corrected chi connectivity index (χ2v) is 11.5. The summed E-state index contributed by atoms with van der Waals surface area (Å²) in [6.45, 7) is 13.0. The van der Waals surface area contributed by atoms with Crippen LogP contribution in [-0.4, -0.2) is 53.8 Å². The number of carbonyl (C=O) groups excluding carboxylic acids is 2. The summed E-state index contributed by atoms with van der Waals surface area (Å²) in [5, 5.41) is 3.30. The number of benzene rings is 1. The molecule has 5 heteroatoms. The van der Waals surface area contributed by atoms with Crippen LogP contribution in [0.5, 0.6) is 0 Å². The molecule has 3 aliphatic rings. The van der Waals surface area contributed by atoms with E-state index in [1.807, 2.05) is 6.92 Å². The molecule has 1 aromatic carbocycles. The Morgan fingerprint density at radius 2 is 1.88 bits per heavy atom. The molecule has 1 spiro atoms. The summed E-state index contributed by atoms with van der Waals surface area (Å²) in [6, 6.07) is 8.41. The van der Waals surface area contributed by atoms with Crippen molar-refractivity contribution in [1.29, 1.82) is 0 Å². The van der Waals surface area contributed by atoms with Crippen LogP contribution < -0.4 is 5.32 Å². The van der Waals surface area contributed by atoms with Crippen molar-refractivity contribution in [3.8, 4) is 0 Å². The molecule has 2 heterocycles. The van der Waals surface area contributed by atoms with E-state index in [2.05, 4.69) is 55.3 Å². The first-order valence-corrected chi connectivity index (χ1v) is 12.6. The summed E-state index contributed by atoms with van der Waals surface area (Å²) in [6.07, 6.45) is 7.17. The number of carbonyl (C=O) groups is 2. The number of likely N-dealkylation sites (tertiary alicyclic amines) is 2. The second-order valence-electron chi connectivity index (χ2n) is 11.5. The van der Waals surface area contributed by atoms with Gasteiger partial charge >= 0.3 is 0 Å². The average molecular weight is 440 g/mol. The van der Waals surface area contributed by atoms with Crippen LogP contribution in [0.4, 0.5) is 0 Å². The maximum Gasteiger partial charge on any atom is 0.242 e. The van der Waals surface area contributed by atoms with Crippen LogP contribution >= 0.6 is 0 Å². The summed E-state index contributed by atoms with van der Waals surface area (Å²) in [5.41, 5.74) is 3.36. The Balaban J connectivity index is 1.43. The van der Waals surface area contributed by atoms with E-state index in [-0.39, 0.29) is 29.3 Å². The first-order valence-electron chi connectivity index (χ1n) is 12.6. The molecule has 1 N–H and O–H groups in total. The second kappa shape index (κ2) is 9.17. The number of amides is 2. The largest absolute Gasteiger partial charge is 0.348 e. The minimum Gasteiger partial charge on any atom is -0.348 e. The predicted octanol–water partition coefficient (Wildman–Crippen LogP) is 4.42. The smallest absolute Gasteiger partial charge is 0.242 e. The molecule has 2 fully saturated rings. The molecule has 2 aliphatic heterocycles. The Morgan fingerprint density at radius 3 is 2.53 bits per heavy atom. The molecule has 0 aromatic heterocycles. The first-order chi connectivity index (χ1) is 15.2. The van der Waals surface area contributed by atoms with Crippen LogP contribution in [0.25, 0.3) is 0 Å². The van der Waals surface area contributed by atoms with Gasteiger partial charge in [0, 0.05) is 13.0 Å². The van der Waals surface area contributed by atoms with Crippen molar-refractivity contribution in [2.45, 2.75) is 90.1 Å². The molecule has 32 heavy (non-hydrogen) atoms. The number of fused-ring (bicyclic) bond motifs is 2. The van der Waals surface area contributed by atoms with E-state index in [0.29, 0.717) is 18.4 Å². The number of nitrogens with one attached hydrogen (secondary N) is 1. The van der Waals surface area contributed by atoms with E-state index in [1.54, 1.807) is 4.90 Å². The number of rotatable bonds is 5. The van der Waals surface area contributed by atoms with Crippen molar-refractivity contribution in [1.82, 2.24) is 15.1 Å². The van der Waals surface area contributed by atoms with E-state index in [9.17, 15) is 9.59 Å². The molecule has 0 radical (unpaired) electrons. The third-order valence-electron chi connectivity index (χ3n) is 8.08. The van der Waals surface area contributed by atoms with Crippen molar-refractivity contribution in [2.75, 3.05) is 26.2 Å². The molecule has 0 bridgehead atoms. The molecule has 1 aliphatic carbocycles. The van der Waals surface area contributed by atoms with Gasteiger partial charge < -0.3 is 15.1 Å². The standard InChI is InChI=1S/C27H41N3O2/c1-20(30-16-7-10-24(30)31)25(32)28-23-11-12-27(22-9-6-5-8-21(22)23)14-18-29(19-15-27)17-13-26(2,3)4/h5-6,8-9,20,23H,7,10-19H2,1-4H3,(H,28,32)/t20-,23+/m1/s1. The number of piperidine rings is 1. The van der Waals surface area contributed by atoms with Gasteiger partial charge in [-0.25, -0.2) is 0 Å². The minimum absolute atomic E-state index is 0.0204. The van der Waals surface area contributed by atoms with Crippen molar-refractivity contribution >= 4 is 11.8 Å². The zero-order chi connectivity index (χ0) is 22.9. The van der Waals surface area contributed by atoms with Gasteiger partial charge in [0.05, 0.1) is 6.04 Å². The van der Waals surface area contributed by atoms with Crippen LogP contribution in [0, 0.1) is 5.41 Å². The minimum atomic E-state index is -0.390. The number of hydrogen-bond donors (Lipinski definition) is 1. The van der Waals surface area contributed by atoms with Crippen molar-refractivity contribution < 1.29 is 9.59 Å². The Kier molecular flexibility index (Phi) is 6.67. The normalized spacial score (nSPS) is 24.4. The maximum atomic E-state index is 13.0. The highest BCUT2D eigenvalue weighted by molar-refractivity contribution is 5.88. The monoisotopic (exact) mass is 439 g/mol. The Morgan fingerprint density at radius 1 is 1.16 bits per heavy atom. The fourth-order valence-electron chi connectivity index (χ4n) is 5.87. The van der Waals surface area contributed by atoms with Crippen LogP contribution in [0.1, 0.15) is 89.8 Å². The molecular weight excluding hydrogens is 398 g/mol. The highest BCUT2D eigenvalue weighted by atomic mass is 16.2. The van der Waals surface area contributed by atoms with Gasteiger partial charge in [0.15, 0.2) is 0 Å². The van der Waals surface area contributed by atoms with Gasteiger partial charge in [-0.2, -0.15) is 0 Å². The lowest BCUT2D eigenvalue weighted by Gasteiger charge is -2.47. The topological polar surface area (TPSA) is 52.7 Å². The van der Waals surface area contributed by atoms with Crippen LogP contribution in [-0.2, 0) is 15.0 Å². The Labute approximate surface area is 193 Å². The molecule has 2 atom stereocenters. The van der Waals surface area contributed by atoms with Gasteiger partial charge in [-0.1, -0.05) is 45.0 Å². The Bertz CT molecular complexity index is 836. The molecule has 1 aromatic rings. The van der Waals surface area contributed by atoms with Crippen molar-refractivity contribution in [3.05, 3.63) is 35.4 Å². The van der Waals surface area contributed by atoms with E-state index in [1.165, 1.54) is 36.9 Å². The van der Waals surface area contributed by atoms with Crippen molar-refractivity contribution in [2.24, 2.45) is 5.41 Å². The molecule has 0 saturated carbocycles. The number of hydrogen-bond acceptors (Lipinski definition) is 3. The molecule has 2 saturated heterocycles. The third kappa shape index (κ3) is 4.88. The zero-order valence-corrected chi connectivity index (χ0v) is 20.5. The lowest BCUT2D eigenvalue weighted by molar-refractivity contribution is -0.137. The van der Waals surface area contributed by atoms with Crippen LogP contribution in [0.2, 0.25) is 0 Å². The lowest BCUT2D eigenvalue weighted by atomic mass is 9.63. The summed E-state index contributed by atoms with van der Waals surface area (Å²) >= 11 is 0. The zero-order valence-electron chi connectivity index (χ0n) is 20.5. The van der Waals surface area contributed by atoms with Crippen LogP contribution in [0.3, 0.4) is 0 Å². The highest BCUT2D eigenvalue weighted by Gasteiger charge is 2.42. The van der Waals surface area contributed by atoms with Gasteiger partial charge in [-0.3, -0.25) is 9.59 Å². The lowest BCUT2D eigenvalue weighted by Crippen LogP contribution is -2.49. The quantitative estimate of drug-likeness (QED) is 0.739. The molecule has 176 valence electrons. The van der Waals surface area contributed by atoms with Gasteiger partial charge in [-0.05, 0) is 87.0 Å². The van der Waals surface area contributed by atoms with Gasteiger partial charge in [0.2, 0.25) is 11.8 Å². The molecule has 2 amide bonds. The first kappa shape index (κ1) is 23.3. The molecule has 4 rings (SSSR count). The third-order valence-corrected chi connectivity index (χ3v) is 8.08.